The zero-order valence-electron chi connectivity index (χ0n) is 17.5. The fourth-order valence-corrected chi connectivity index (χ4v) is 3.83. The summed E-state index contributed by atoms with van der Waals surface area (Å²) in [5.74, 6) is 0.801. The molecular weight excluding hydrogens is 378 g/mol. The average molecular weight is 406 g/mol. The van der Waals surface area contributed by atoms with E-state index < -0.39 is 0 Å². The molecule has 1 aliphatic rings. The van der Waals surface area contributed by atoms with Crippen LogP contribution >= 0.6 is 0 Å². The Hall–Kier alpha value is -3.19. The first-order valence-electron chi connectivity index (χ1n) is 10.3. The molecule has 3 heterocycles. The molecule has 0 radical (unpaired) electrons. The van der Waals surface area contributed by atoms with Gasteiger partial charge in [0.2, 0.25) is 0 Å². The Morgan fingerprint density at radius 3 is 2.63 bits per heavy atom. The van der Waals surface area contributed by atoms with Gasteiger partial charge in [0.25, 0.3) is 5.91 Å². The number of aromatic nitrogens is 3. The molecule has 3 aromatic rings. The van der Waals surface area contributed by atoms with Gasteiger partial charge in [-0.25, -0.2) is 4.98 Å². The lowest BCUT2D eigenvalue weighted by Gasteiger charge is -2.29. The number of benzene rings is 1. The first-order chi connectivity index (χ1) is 14.6. The Balaban J connectivity index is 1.47. The third-order valence-electron chi connectivity index (χ3n) is 5.40. The third kappa shape index (κ3) is 4.36. The molecule has 0 saturated carbocycles. The number of hydrogen-bond donors (Lipinski definition) is 1. The summed E-state index contributed by atoms with van der Waals surface area (Å²) in [6.45, 7) is 7.90. The smallest absolute Gasteiger partial charge is 0.255 e. The average Bonchev–Trinajstić information content (AvgIpc) is 3.06. The van der Waals surface area contributed by atoms with Crippen LogP contribution in [0, 0.1) is 13.8 Å². The van der Waals surface area contributed by atoms with E-state index in [2.05, 4.69) is 32.4 Å². The van der Waals surface area contributed by atoms with E-state index in [9.17, 15) is 4.79 Å². The second-order valence-electron chi connectivity index (χ2n) is 7.46. The number of anilines is 1. The number of aryl methyl sites for hydroxylation is 1. The summed E-state index contributed by atoms with van der Waals surface area (Å²) in [6.07, 6.45) is 1.79. The van der Waals surface area contributed by atoms with Gasteiger partial charge in [0.05, 0.1) is 31.0 Å². The fraction of sp³-hybridized carbons (Fsp3) is 0.348. The molecule has 7 nitrogen and oxygen atoms in total. The number of pyridine rings is 1. The monoisotopic (exact) mass is 405 g/mol. The molecule has 1 amide bonds. The molecule has 0 bridgehead atoms. The van der Waals surface area contributed by atoms with Crippen molar-refractivity contribution in [2.45, 2.75) is 26.9 Å². The molecule has 1 aromatic carbocycles. The van der Waals surface area contributed by atoms with Gasteiger partial charge >= 0.3 is 0 Å². The minimum atomic E-state index is -0.110. The summed E-state index contributed by atoms with van der Waals surface area (Å²) >= 11 is 0. The van der Waals surface area contributed by atoms with Crippen LogP contribution < -0.4 is 10.2 Å². The van der Waals surface area contributed by atoms with Crippen molar-refractivity contribution < 1.29 is 9.53 Å². The van der Waals surface area contributed by atoms with Crippen molar-refractivity contribution in [3.05, 3.63) is 76.7 Å². The van der Waals surface area contributed by atoms with Crippen molar-refractivity contribution >= 4 is 11.7 Å². The second-order valence-corrected chi connectivity index (χ2v) is 7.46. The highest BCUT2D eigenvalue weighted by Crippen LogP contribution is 2.19. The van der Waals surface area contributed by atoms with E-state index >= 15 is 0 Å². The molecule has 1 saturated heterocycles. The van der Waals surface area contributed by atoms with E-state index in [1.54, 1.807) is 6.20 Å². The van der Waals surface area contributed by atoms with Gasteiger partial charge in [-0.05, 0) is 25.5 Å². The number of carbonyl (C=O) groups is 1. The molecule has 1 fully saturated rings. The van der Waals surface area contributed by atoms with Crippen LogP contribution in [0.2, 0.25) is 0 Å². The zero-order valence-corrected chi connectivity index (χ0v) is 17.5. The molecule has 0 aliphatic carbocycles. The quantitative estimate of drug-likeness (QED) is 0.683. The van der Waals surface area contributed by atoms with Crippen LogP contribution in [0.4, 0.5) is 5.82 Å². The van der Waals surface area contributed by atoms with Gasteiger partial charge in [0.15, 0.2) is 0 Å². The molecule has 30 heavy (non-hydrogen) atoms. The topological polar surface area (TPSA) is 72.3 Å². The van der Waals surface area contributed by atoms with Crippen molar-refractivity contribution in [1.82, 2.24) is 20.1 Å². The van der Waals surface area contributed by atoms with Crippen LogP contribution in [0.25, 0.3) is 0 Å². The van der Waals surface area contributed by atoms with Crippen LogP contribution in [-0.2, 0) is 17.8 Å². The maximum Gasteiger partial charge on any atom is 0.255 e. The lowest BCUT2D eigenvalue weighted by molar-refractivity contribution is 0.0949. The van der Waals surface area contributed by atoms with Crippen LogP contribution in [0.1, 0.15) is 32.9 Å². The Bertz CT molecular complexity index is 1010. The van der Waals surface area contributed by atoms with Crippen molar-refractivity contribution in [1.29, 1.82) is 0 Å². The lowest BCUT2D eigenvalue weighted by atomic mass is 10.1. The van der Waals surface area contributed by atoms with Gasteiger partial charge in [0, 0.05) is 37.1 Å². The highest BCUT2D eigenvalue weighted by molar-refractivity contribution is 5.96. The Morgan fingerprint density at radius 1 is 1.10 bits per heavy atom. The molecule has 156 valence electrons. The van der Waals surface area contributed by atoms with Crippen molar-refractivity contribution in [2.75, 3.05) is 31.2 Å². The SMILES string of the molecule is Cc1nn(Cc2ccccc2)c(C)c1C(=O)NCc1cccnc1N1CCOCC1. The predicted molar refractivity (Wildman–Crippen MR) is 116 cm³/mol. The largest absolute Gasteiger partial charge is 0.378 e. The van der Waals surface area contributed by atoms with Crippen LogP contribution in [-0.4, -0.2) is 47.0 Å². The van der Waals surface area contributed by atoms with E-state index in [0.717, 1.165) is 41.4 Å². The van der Waals surface area contributed by atoms with Gasteiger partial charge in [-0.15, -0.1) is 0 Å². The van der Waals surface area contributed by atoms with E-state index in [1.165, 1.54) is 0 Å². The molecule has 1 aliphatic heterocycles. The van der Waals surface area contributed by atoms with Crippen LogP contribution in [0.5, 0.6) is 0 Å². The molecule has 4 rings (SSSR count). The molecule has 2 aromatic heterocycles. The van der Waals surface area contributed by atoms with E-state index in [1.807, 2.05) is 48.9 Å². The first kappa shape index (κ1) is 20.1. The molecule has 0 atom stereocenters. The van der Waals surface area contributed by atoms with Gasteiger partial charge in [-0.1, -0.05) is 36.4 Å². The Morgan fingerprint density at radius 2 is 1.87 bits per heavy atom. The lowest BCUT2D eigenvalue weighted by Crippen LogP contribution is -2.37. The van der Waals surface area contributed by atoms with Gasteiger partial charge in [0.1, 0.15) is 5.82 Å². The second kappa shape index (κ2) is 9.09. The summed E-state index contributed by atoms with van der Waals surface area (Å²) in [7, 11) is 0. The van der Waals surface area contributed by atoms with E-state index in [0.29, 0.717) is 31.9 Å². The zero-order chi connectivity index (χ0) is 20.9. The molecule has 0 unspecified atom stereocenters. The molecule has 1 N–H and O–H groups in total. The predicted octanol–water partition coefficient (Wildman–Crippen LogP) is 2.71. The number of hydrogen-bond acceptors (Lipinski definition) is 5. The number of ether oxygens (including phenoxy) is 1. The maximum atomic E-state index is 13.0. The summed E-state index contributed by atoms with van der Waals surface area (Å²) in [5.41, 5.74) is 4.40. The summed E-state index contributed by atoms with van der Waals surface area (Å²) < 4.78 is 7.33. The Labute approximate surface area is 176 Å². The van der Waals surface area contributed by atoms with Gasteiger partial charge < -0.3 is 15.0 Å². The van der Waals surface area contributed by atoms with Crippen LogP contribution in [0.15, 0.2) is 48.7 Å². The molecule has 0 spiro atoms. The summed E-state index contributed by atoms with van der Waals surface area (Å²) in [4.78, 5) is 19.7. The van der Waals surface area contributed by atoms with Crippen molar-refractivity contribution in [3.8, 4) is 0 Å². The number of nitrogens with one attached hydrogen (secondary N) is 1. The first-order valence-corrected chi connectivity index (χ1v) is 10.3. The minimum Gasteiger partial charge on any atom is -0.378 e. The normalized spacial score (nSPS) is 14.0. The minimum absolute atomic E-state index is 0.110. The van der Waals surface area contributed by atoms with Crippen LogP contribution in [0.3, 0.4) is 0 Å². The van der Waals surface area contributed by atoms with Crippen molar-refractivity contribution in [3.63, 3.8) is 0 Å². The van der Waals surface area contributed by atoms with Crippen molar-refractivity contribution in [2.24, 2.45) is 0 Å². The van der Waals surface area contributed by atoms with E-state index in [4.69, 9.17) is 4.74 Å². The molecular formula is C23H27N5O2. The summed E-state index contributed by atoms with van der Waals surface area (Å²) in [5, 5.41) is 7.66. The summed E-state index contributed by atoms with van der Waals surface area (Å²) in [6, 6.07) is 14.0. The highest BCUT2D eigenvalue weighted by Gasteiger charge is 2.20. The third-order valence-corrected chi connectivity index (χ3v) is 5.40. The fourth-order valence-electron chi connectivity index (χ4n) is 3.83. The van der Waals surface area contributed by atoms with E-state index in [-0.39, 0.29) is 5.91 Å². The number of amides is 1. The van der Waals surface area contributed by atoms with Gasteiger partial charge in [-0.2, -0.15) is 5.10 Å². The maximum absolute atomic E-state index is 13.0. The number of carbonyl (C=O) groups excluding carboxylic acids is 1. The molecule has 7 heteroatoms. The van der Waals surface area contributed by atoms with Gasteiger partial charge in [-0.3, -0.25) is 9.48 Å². The standard InChI is InChI=1S/C23H27N5O2/c1-17-21(18(2)28(26-17)16-19-7-4-3-5-8-19)23(29)25-15-20-9-6-10-24-22(20)27-11-13-30-14-12-27/h3-10H,11-16H2,1-2H3,(H,25,29). The Kier molecular flexibility index (Phi) is 6.09. The number of morpholine rings is 1. The highest BCUT2D eigenvalue weighted by atomic mass is 16.5. The number of nitrogens with zero attached hydrogens (tertiary/aromatic N) is 4. The number of rotatable bonds is 6.